The minimum absolute atomic E-state index is 0.138. The number of carbonyl (C=O) groups is 1. The Morgan fingerprint density at radius 1 is 1.53 bits per heavy atom. The second kappa shape index (κ2) is 4.71. The van der Waals surface area contributed by atoms with Gasteiger partial charge in [-0.2, -0.15) is 0 Å². The van der Waals surface area contributed by atoms with E-state index in [1.54, 1.807) is 0 Å². The van der Waals surface area contributed by atoms with E-state index >= 15 is 0 Å². The van der Waals surface area contributed by atoms with E-state index in [9.17, 15) is 14.3 Å². The van der Waals surface area contributed by atoms with Gasteiger partial charge in [-0.05, 0) is 25.0 Å². The fourth-order valence-corrected chi connectivity index (χ4v) is 2.16. The van der Waals surface area contributed by atoms with Crippen LogP contribution in [0.15, 0.2) is 18.2 Å². The molecule has 1 heterocycles. The van der Waals surface area contributed by atoms with Crippen LogP contribution in [-0.2, 0) is 0 Å². The van der Waals surface area contributed by atoms with Crippen molar-refractivity contribution in [3.63, 3.8) is 0 Å². The number of hydrogen-bond acceptors (Lipinski definition) is 3. The molecule has 0 aromatic heterocycles. The highest BCUT2D eigenvalue weighted by Gasteiger charge is 2.31. The van der Waals surface area contributed by atoms with E-state index in [1.807, 2.05) is 0 Å². The first-order valence-corrected chi connectivity index (χ1v) is 5.54. The van der Waals surface area contributed by atoms with Crippen molar-refractivity contribution in [3.05, 3.63) is 29.6 Å². The van der Waals surface area contributed by atoms with Crippen LogP contribution in [-0.4, -0.2) is 40.2 Å². The number of aliphatic hydroxyl groups excluding tert-OH is 1. The molecule has 4 nitrogen and oxygen atoms in total. The quantitative estimate of drug-likeness (QED) is 0.813. The van der Waals surface area contributed by atoms with Crippen LogP contribution in [0.1, 0.15) is 23.2 Å². The molecule has 1 aliphatic rings. The van der Waals surface area contributed by atoms with Crippen molar-refractivity contribution in [1.82, 2.24) is 4.90 Å². The molecule has 0 spiro atoms. The van der Waals surface area contributed by atoms with Gasteiger partial charge in [0.1, 0.15) is 17.1 Å². The summed E-state index contributed by atoms with van der Waals surface area (Å²) in [7, 11) is 0. The van der Waals surface area contributed by atoms with Gasteiger partial charge < -0.3 is 15.1 Å². The Hall–Kier alpha value is -1.62. The molecule has 1 aromatic carbocycles. The van der Waals surface area contributed by atoms with Crippen molar-refractivity contribution >= 4 is 5.91 Å². The summed E-state index contributed by atoms with van der Waals surface area (Å²) in [5.41, 5.74) is -0.312. The van der Waals surface area contributed by atoms with Crippen LogP contribution in [0.5, 0.6) is 5.75 Å². The number of carbonyl (C=O) groups excluding carboxylic acids is 1. The third-order valence-electron chi connectivity index (χ3n) is 3.05. The maximum Gasteiger partial charge on any atom is 0.260 e. The standard InChI is InChI=1S/C12H14FNO3/c13-9-4-1-5-10(16)11(9)12(17)14-6-2-3-8(14)7-15/h1,4-5,8,15-16H,2-3,6-7H2/t8-/m0/s1. The largest absolute Gasteiger partial charge is 0.507 e. The van der Waals surface area contributed by atoms with Crippen LogP contribution in [0.3, 0.4) is 0 Å². The van der Waals surface area contributed by atoms with Crippen LogP contribution in [0.25, 0.3) is 0 Å². The van der Waals surface area contributed by atoms with Gasteiger partial charge in [0, 0.05) is 6.54 Å². The Bertz CT molecular complexity index is 416. The SMILES string of the molecule is O=C(c1c(O)cccc1F)N1CCC[C@H]1CO. The Balaban J connectivity index is 2.31. The zero-order valence-corrected chi connectivity index (χ0v) is 9.27. The van der Waals surface area contributed by atoms with Crippen molar-refractivity contribution in [2.75, 3.05) is 13.2 Å². The van der Waals surface area contributed by atoms with E-state index in [2.05, 4.69) is 0 Å². The molecule has 1 atom stereocenters. The lowest BCUT2D eigenvalue weighted by atomic mass is 10.1. The molecule has 1 fully saturated rings. The highest BCUT2D eigenvalue weighted by Crippen LogP contribution is 2.26. The number of benzene rings is 1. The third kappa shape index (κ3) is 2.10. The minimum atomic E-state index is -0.737. The number of aromatic hydroxyl groups is 1. The average Bonchev–Trinajstić information content (AvgIpc) is 2.76. The van der Waals surface area contributed by atoms with Crippen molar-refractivity contribution in [3.8, 4) is 5.75 Å². The second-order valence-electron chi connectivity index (χ2n) is 4.11. The van der Waals surface area contributed by atoms with Crippen LogP contribution < -0.4 is 0 Å². The number of hydrogen-bond donors (Lipinski definition) is 2. The van der Waals surface area contributed by atoms with Gasteiger partial charge >= 0.3 is 0 Å². The van der Waals surface area contributed by atoms with E-state index in [0.29, 0.717) is 13.0 Å². The molecule has 2 rings (SSSR count). The van der Waals surface area contributed by atoms with E-state index in [-0.39, 0.29) is 24.0 Å². The molecule has 1 amide bonds. The highest BCUT2D eigenvalue weighted by atomic mass is 19.1. The summed E-state index contributed by atoms with van der Waals surface area (Å²) in [6.07, 6.45) is 1.49. The van der Waals surface area contributed by atoms with Crippen LogP contribution in [0, 0.1) is 5.82 Å². The Morgan fingerprint density at radius 2 is 2.29 bits per heavy atom. The minimum Gasteiger partial charge on any atom is -0.507 e. The summed E-state index contributed by atoms with van der Waals surface area (Å²) in [4.78, 5) is 13.5. The van der Waals surface area contributed by atoms with Gasteiger partial charge in [-0.1, -0.05) is 6.07 Å². The van der Waals surface area contributed by atoms with E-state index in [4.69, 9.17) is 5.11 Å². The topological polar surface area (TPSA) is 60.8 Å². The molecule has 17 heavy (non-hydrogen) atoms. The van der Waals surface area contributed by atoms with Gasteiger partial charge in [0.25, 0.3) is 5.91 Å². The second-order valence-corrected chi connectivity index (χ2v) is 4.11. The number of amides is 1. The van der Waals surface area contributed by atoms with Gasteiger partial charge in [-0.15, -0.1) is 0 Å². The van der Waals surface area contributed by atoms with E-state index in [1.165, 1.54) is 17.0 Å². The summed E-state index contributed by atoms with van der Waals surface area (Å²) in [6.45, 7) is 0.346. The molecule has 0 unspecified atom stereocenters. The maximum absolute atomic E-state index is 13.5. The fourth-order valence-electron chi connectivity index (χ4n) is 2.16. The number of halogens is 1. The lowest BCUT2D eigenvalue weighted by molar-refractivity contribution is 0.0669. The first-order valence-electron chi connectivity index (χ1n) is 5.54. The van der Waals surface area contributed by atoms with Gasteiger partial charge in [0.15, 0.2) is 0 Å². The number of phenols is 1. The smallest absolute Gasteiger partial charge is 0.260 e. The van der Waals surface area contributed by atoms with Crippen molar-refractivity contribution in [2.45, 2.75) is 18.9 Å². The van der Waals surface area contributed by atoms with Crippen molar-refractivity contribution < 1.29 is 19.4 Å². The number of aliphatic hydroxyl groups is 1. The Labute approximate surface area is 98.3 Å². The predicted octanol–water partition coefficient (Wildman–Crippen LogP) is 1.13. The lowest BCUT2D eigenvalue weighted by Crippen LogP contribution is -2.38. The average molecular weight is 239 g/mol. The normalized spacial score (nSPS) is 19.6. The zero-order chi connectivity index (χ0) is 12.4. The molecule has 1 aromatic rings. The Kier molecular flexibility index (Phi) is 3.28. The van der Waals surface area contributed by atoms with E-state index < -0.39 is 11.7 Å². The highest BCUT2D eigenvalue weighted by molar-refractivity contribution is 5.97. The molecule has 92 valence electrons. The Morgan fingerprint density at radius 3 is 2.94 bits per heavy atom. The molecule has 1 aliphatic heterocycles. The lowest BCUT2D eigenvalue weighted by Gasteiger charge is -2.23. The van der Waals surface area contributed by atoms with Gasteiger partial charge in [-0.3, -0.25) is 4.79 Å². The monoisotopic (exact) mass is 239 g/mol. The van der Waals surface area contributed by atoms with Gasteiger partial charge in [0.05, 0.1) is 12.6 Å². The summed E-state index contributed by atoms with van der Waals surface area (Å²) in [5.74, 6) is -1.66. The van der Waals surface area contributed by atoms with Crippen LogP contribution in [0.2, 0.25) is 0 Å². The molecule has 1 saturated heterocycles. The van der Waals surface area contributed by atoms with Crippen LogP contribution in [0.4, 0.5) is 4.39 Å². The number of phenolic OH excluding ortho intramolecular Hbond substituents is 1. The predicted molar refractivity (Wildman–Crippen MR) is 59.2 cm³/mol. The summed E-state index contributed by atoms with van der Waals surface area (Å²) in [5, 5.41) is 18.7. The number of rotatable bonds is 2. The van der Waals surface area contributed by atoms with Crippen molar-refractivity contribution in [1.29, 1.82) is 0 Å². The molecule has 5 heteroatoms. The third-order valence-corrected chi connectivity index (χ3v) is 3.05. The zero-order valence-electron chi connectivity index (χ0n) is 9.27. The molecular weight excluding hydrogens is 225 g/mol. The number of likely N-dealkylation sites (tertiary alicyclic amines) is 1. The molecule has 0 bridgehead atoms. The van der Waals surface area contributed by atoms with Gasteiger partial charge in [-0.25, -0.2) is 4.39 Å². The summed E-state index contributed by atoms with van der Waals surface area (Å²) >= 11 is 0. The van der Waals surface area contributed by atoms with E-state index in [0.717, 1.165) is 12.5 Å². The van der Waals surface area contributed by atoms with Crippen LogP contribution >= 0.6 is 0 Å². The fraction of sp³-hybridized carbons (Fsp3) is 0.417. The number of nitrogens with zero attached hydrogens (tertiary/aromatic N) is 1. The summed E-state index contributed by atoms with van der Waals surface area (Å²) < 4.78 is 13.5. The molecule has 0 radical (unpaired) electrons. The first-order chi connectivity index (χ1) is 8.15. The maximum atomic E-state index is 13.5. The van der Waals surface area contributed by atoms with Gasteiger partial charge in [0.2, 0.25) is 0 Å². The molecular formula is C12H14FNO3. The molecule has 0 aliphatic carbocycles. The molecule has 0 saturated carbocycles. The molecule has 2 N–H and O–H groups in total. The summed E-state index contributed by atoms with van der Waals surface area (Å²) in [6, 6.07) is 3.48. The van der Waals surface area contributed by atoms with Crippen molar-refractivity contribution in [2.24, 2.45) is 0 Å². The first kappa shape index (κ1) is 11.9.